The Labute approximate surface area is 413 Å². The molecule has 5 aliphatic rings. The number of phenols is 1. The SMILES string of the molecule is CC1CCCN(CCCC2CCc3ccc(OCC4=CCC/C(c5ccc(O)cc5)=C\CC=C4)c(c3)C[C@H](C(=O)O)OC3=NC=CCc4sc5c6ccc(F)cc6c6c(Cl)c(ccc6c5c43)C2)CC1. The van der Waals surface area contributed by atoms with Crippen LogP contribution >= 0.6 is 22.9 Å². The molecule has 7 nitrogen and oxygen atoms in total. The summed E-state index contributed by atoms with van der Waals surface area (Å²) in [5.74, 6) is 0.786. The number of halogens is 2. The van der Waals surface area contributed by atoms with Gasteiger partial charge in [-0.25, -0.2) is 14.2 Å². The van der Waals surface area contributed by atoms with E-state index in [0.29, 0.717) is 29.7 Å². The van der Waals surface area contributed by atoms with Gasteiger partial charge in [0.15, 0.2) is 0 Å². The second kappa shape index (κ2) is 21.1. The molecule has 6 bridgehead atoms. The quantitative estimate of drug-likeness (QED) is 0.140. The summed E-state index contributed by atoms with van der Waals surface area (Å²) >= 11 is 9.24. The highest BCUT2D eigenvalue weighted by molar-refractivity contribution is 7.20. The summed E-state index contributed by atoms with van der Waals surface area (Å²) in [6.07, 6.45) is 22.6. The predicted molar refractivity (Wildman–Crippen MR) is 281 cm³/mol. The number of fused-ring (bicyclic) bond motifs is 8. The van der Waals surface area contributed by atoms with Gasteiger partial charge in [-0.1, -0.05) is 91.4 Å². The molecule has 0 radical (unpaired) electrons. The number of aryl methyl sites for hydroxylation is 1. The van der Waals surface area contributed by atoms with Crippen molar-refractivity contribution in [2.24, 2.45) is 16.8 Å². The minimum absolute atomic E-state index is 0.0586. The Hall–Kier alpha value is -5.74. The zero-order chi connectivity index (χ0) is 47.4. The molecule has 5 heterocycles. The van der Waals surface area contributed by atoms with Crippen molar-refractivity contribution in [3.05, 3.63) is 158 Å². The molecule has 0 amide bonds. The van der Waals surface area contributed by atoms with E-state index in [4.69, 9.17) is 26.1 Å². The number of rotatable bonds is 9. The summed E-state index contributed by atoms with van der Waals surface area (Å²) in [5, 5.41) is 25.7. The number of carboxylic acids is 1. The van der Waals surface area contributed by atoms with E-state index in [-0.39, 0.29) is 23.9 Å². The number of thiophene rings is 1. The molecule has 10 heteroatoms. The van der Waals surface area contributed by atoms with E-state index in [9.17, 15) is 15.0 Å². The van der Waals surface area contributed by atoms with Crippen LogP contribution in [0.3, 0.4) is 0 Å². The number of aliphatic carboxylic acids is 1. The number of carbonyl (C=O) groups is 1. The number of nitrogens with zero attached hydrogens (tertiary/aromatic N) is 2. The average Bonchev–Trinajstić information content (AvgIpc) is 3.53. The fourth-order valence-corrected chi connectivity index (χ4v) is 12.6. The lowest BCUT2D eigenvalue weighted by Gasteiger charge is -2.23. The number of likely N-dealkylation sites (tertiary alicyclic amines) is 1. The third-order valence-electron chi connectivity index (χ3n) is 14.7. The first-order valence-electron chi connectivity index (χ1n) is 24.9. The molecule has 356 valence electrons. The van der Waals surface area contributed by atoms with Crippen LogP contribution in [0, 0.1) is 17.7 Å². The van der Waals surface area contributed by atoms with Crippen LogP contribution in [-0.2, 0) is 35.2 Å². The maximum atomic E-state index is 15.3. The standard InChI is InChI=1S/C59H60ClFN2O5S/c1-37-8-6-29-63(31-27-37)30-7-11-38-15-16-39-17-26-50(67-36-40-9-2-3-12-41(13-4-10-40)42-18-22-46(64)23-19-42)44(33-39)34-51(59(65)66)68-58-55-52(14-5-28-62-58)69-57-47-25-21-45(61)35-49(47)53-48(54(55)57)24-20-43(32-38)56(53)60/h2,5,9-10,12,17-26,28,33,35,37-38,51,64H,3-4,6-8,11,13-16,27,29-32,34,36H2,1H3,(H,65,66)/b9-2?,40-10?,41-12+/t37?,38?,51-/m1/s1. The lowest BCUT2D eigenvalue weighted by Crippen LogP contribution is -2.30. The van der Waals surface area contributed by atoms with Gasteiger partial charge in [0.1, 0.15) is 23.9 Å². The normalized spacial score (nSPS) is 21.1. The largest absolute Gasteiger partial charge is 0.508 e. The second-order valence-corrected chi connectivity index (χ2v) is 21.0. The molecule has 1 fully saturated rings. The molecule has 3 atom stereocenters. The lowest BCUT2D eigenvalue weighted by atomic mass is 9.87. The highest BCUT2D eigenvalue weighted by atomic mass is 35.5. The van der Waals surface area contributed by atoms with E-state index in [1.807, 2.05) is 30.3 Å². The van der Waals surface area contributed by atoms with Crippen LogP contribution in [0.2, 0.25) is 5.02 Å². The van der Waals surface area contributed by atoms with Crippen molar-refractivity contribution in [1.82, 2.24) is 4.90 Å². The van der Waals surface area contributed by atoms with E-state index in [2.05, 4.69) is 60.4 Å². The van der Waals surface area contributed by atoms with Crippen LogP contribution in [0.4, 0.5) is 4.39 Å². The Bertz CT molecular complexity index is 3060. The molecule has 11 rings (SSSR count). The molecule has 2 unspecified atom stereocenters. The molecular weight excluding hydrogens is 903 g/mol. The minimum atomic E-state index is -1.29. The van der Waals surface area contributed by atoms with Crippen LogP contribution in [0.5, 0.6) is 11.5 Å². The number of phenolic OH excluding ortho intramolecular Hbond substituents is 1. The van der Waals surface area contributed by atoms with E-state index < -0.39 is 12.1 Å². The molecule has 1 saturated heterocycles. The van der Waals surface area contributed by atoms with Crippen molar-refractivity contribution < 1.29 is 28.9 Å². The summed E-state index contributed by atoms with van der Waals surface area (Å²) in [6, 6.07) is 22.9. The van der Waals surface area contributed by atoms with Crippen molar-refractivity contribution in [3.8, 4) is 11.5 Å². The molecule has 4 aliphatic heterocycles. The molecule has 1 aliphatic carbocycles. The average molecular weight is 964 g/mol. The van der Waals surface area contributed by atoms with Crippen molar-refractivity contribution in [1.29, 1.82) is 0 Å². The Morgan fingerprint density at radius 1 is 0.928 bits per heavy atom. The lowest BCUT2D eigenvalue weighted by molar-refractivity contribution is -0.145. The van der Waals surface area contributed by atoms with Gasteiger partial charge in [0.05, 0.1) is 10.6 Å². The van der Waals surface area contributed by atoms with Crippen LogP contribution in [-0.4, -0.2) is 59.3 Å². The first-order chi connectivity index (χ1) is 33.6. The molecular formula is C59H60ClFN2O5S. The minimum Gasteiger partial charge on any atom is -0.508 e. The number of aromatic hydroxyl groups is 1. The van der Waals surface area contributed by atoms with Crippen LogP contribution in [0.15, 0.2) is 120 Å². The summed E-state index contributed by atoms with van der Waals surface area (Å²) in [5.41, 5.74) is 7.06. The van der Waals surface area contributed by atoms with Crippen LogP contribution in [0.25, 0.3) is 37.2 Å². The van der Waals surface area contributed by atoms with Crippen LogP contribution < -0.4 is 4.74 Å². The van der Waals surface area contributed by atoms with E-state index in [1.165, 1.54) is 30.9 Å². The zero-order valence-electron chi connectivity index (χ0n) is 39.3. The van der Waals surface area contributed by atoms with Gasteiger partial charge in [0, 0.05) is 44.8 Å². The summed E-state index contributed by atoms with van der Waals surface area (Å²) in [7, 11) is 0. The fraction of sp³-hybridized carbons (Fsp3) is 0.356. The monoisotopic (exact) mass is 962 g/mol. The van der Waals surface area contributed by atoms with E-state index in [1.54, 1.807) is 35.7 Å². The van der Waals surface area contributed by atoms with E-state index in [0.717, 1.165) is 147 Å². The number of benzene rings is 5. The first kappa shape index (κ1) is 47.0. The Balaban J connectivity index is 1.01. The van der Waals surface area contributed by atoms with Gasteiger partial charge in [0.2, 0.25) is 12.0 Å². The van der Waals surface area contributed by atoms with Gasteiger partial charge in [0.25, 0.3) is 0 Å². The first-order valence-corrected chi connectivity index (χ1v) is 26.1. The molecule has 2 N–H and O–H groups in total. The number of allylic oxidation sites excluding steroid dienone is 5. The van der Waals surface area contributed by atoms with Crippen LogP contribution in [0.1, 0.15) is 97.4 Å². The predicted octanol–water partition coefficient (Wildman–Crippen LogP) is 14.4. The van der Waals surface area contributed by atoms with Gasteiger partial charge in [-0.2, -0.15) is 0 Å². The number of hydrogen-bond donors (Lipinski definition) is 2. The van der Waals surface area contributed by atoms with Crippen molar-refractivity contribution in [3.63, 3.8) is 0 Å². The maximum Gasteiger partial charge on any atom is 0.345 e. The topological polar surface area (TPSA) is 91.6 Å². The van der Waals surface area contributed by atoms with Crippen molar-refractivity contribution in [2.75, 3.05) is 26.2 Å². The van der Waals surface area contributed by atoms with Gasteiger partial charge < -0.3 is 24.6 Å². The maximum absolute atomic E-state index is 15.3. The third-order valence-corrected chi connectivity index (χ3v) is 16.3. The van der Waals surface area contributed by atoms with E-state index >= 15 is 4.39 Å². The van der Waals surface area contributed by atoms with Crippen molar-refractivity contribution >= 4 is 72.0 Å². The van der Waals surface area contributed by atoms with Gasteiger partial charge in [-0.15, -0.1) is 11.3 Å². The highest BCUT2D eigenvalue weighted by Gasteiger charge is 2.31. The van der Waals surface area contributed by atoms with Crippen molar-refractivity contribution in [2.45, 2.75) is 96.5 Å². The number of ether oxygens (including phenoxy) is 2. The van der Waals surface area contributed by atoms with Gasteiger partial charge in [-0.3, -0.25) is 0 Å². The molecule has 69 heavy (non-hydrogen) atoms. The highest BCUT2D eigenvalue weighted by Crippen LogP contribution is 2.47. The number of carboxylic acid groups (broad SMARTS) is 1. The summed E-state index contributed by atoms with van der Waals surface area (Å²) in [4.78, 5) is 21.9. The smallest absolute Gasteiger partial charge is 0.345 e. The molecule has 6 aromatic rings. The van der Waals surface area contributed by atoms with Gasteiger partial charge >= 0.3 is 5.97 Å². The van der Waals surface area contributed by atoms with Gasteiger partial charge in [-0.05, 0) is 177 Å². The Morgan fingerprint density at radius 2 is 1.80 bits per heavy atom. The third kappa shape index (κ3) is 10.6. The fourth-order valence-electron chi connectivity index (χ4n) is 10.9. The summed E-state index contributed by atoms with van der Waals surface area (Å²) < 4.78 is 29.6. The second-order valence-electron chi connectivity index (χ2n) is 19.5. The molecule has 1 aromatic heterocycles. The Kier molecular flexibility index (Phi) is 14.4. The number of aliphatic imine (C=N–C) groups is 1. The molecule has 0 spiro atoms. The molecule has 5 aromatic carbocycles. The Morgan fingerprint density at radius 3 is 2.67 bits per heavy atom. The number of hydrogen-bond acceptors (Lipinski definition) is 7. The molecule has 0 saturated carbocycles. The summed E-state index contributed by atoms with van der Waals surface area (Å²) in [6.45, 7) is 6.08. The zero-order valence-corrected chi connectivity index (χ0v) is 40.9.